The number of halogens is 1. The Morgan fingerprint density at radius 1 is 1.26 bits per heavy atom. The standard InChI is InChI=1S/C27H37FO6/c1-5-6-7-23(33)34-27(22(32)15-29)16(2)12-20-19-9-8-17-13-18(30)10-11-24(17,3)26(19,28)21(31)14-25(20,27)4/h10-11,13,16,19-21,29,31H,5-9,12,14-15H2,1-4H3/t16?,19?,20?,21?,24?,25?,26-,27-/m0/s1. The van der Waals surface area contributed by atoms with Crippen LogP contribution in [0, 0.1) is 28.6 Å². The van der Waals surface area contributed by atoms with Crippen molar-refractivity contribution in [2.45, 2.75) is 90.0 Å². The molecule has 7 heteroatoms. The summed E-state index contributed by atoms with van der Waals surface area (Å²) in [5.74, 6) is -2.62. The van der Waals surface area contributed by atoms with Crippen LogP contribution >= 0.6 is 0 Å². The number of allylic oxidation sites excluding steroid dienone is 4. The number of fused-ring (bicyclic) bond motifs is 5. The first kappa shape index (κ1) is 25.2. The maximum absolute atomic E-state index is 17.3. The number of aliphatic hydroxyl groups is 2. The topological polar surface area (TPSA) is 101 Å². The van der Waals surface area contributed by atoms with Crippen LogP contribution < -0.4 is 0 Å². The largest absolute Gasteiger partial charge is 0.450 e. The number of unbranched alkanes of at least 4 members (excludes halogenated alkanes) is 1. The Morgan fingerprint density at radius 3 is 2.62 bits per heavy atom. The lowest BCUT2D eigenvalue weighted by Gasteiger charge is -2.62. The summed E-state index contributed by atoms with van der Waals surface area (Å²) in [7, 11) is 0. The van der Waals surface area contributed by atoms with E-state index in [4.69, 9.17) is 4.74 Å². The molecule has 6 nitrogen and oxygen atoms in total. The molecule has 34 heavy (non-hydrogen) atoms. The highest BCUT2D eigenvalue weighted by Gasteiger charge is 2.77. The van der Waals surface area contributed by atoms with Crippen molar-refractivity contribution in [2.75, 3.05) is 6.61 Å². The normalized spacial score (nSPS) is 45.1. The Kier molecular flexibility index (Phi) is 6.21. The zero-order chi connectivity index (χ0) is 25.1. The maximum atomic E-state index is 17.3. The molecule has 0 amide bonds. The van der Waals surface area contributed by atoms with E-state index >= 15 is 4.39 Å². The Hall–Kier alpha value is -1.86. The predicted molar refractivity (Wildman–Crippen MR) is 123 cm³/mol. The number of hydrogen-bond acceptors (Lipinski definition) is 6. The Labute approximate surface area is 200 Å². The lowest BCUT2D eigenvalue weighted by atomic mass is 9.44. The summed E-state index contributed by atoms with van der Waals surface area (Å²) in [6.45, 7) is 6.55. The molecule has 0 saturated heterocycles. The number of hydrogen-bond donors (Lipinski definition) is 2. The molecule has 6 unspecified atom stereocenters. The first-order valence-electron chi connectivity index (χ1n) is 12.6. The van der Waals surface area contributed by atoms with Gasteiger partial charge in [0.25, 0.3) is 0 Å². The molecule has 0 spiro atoms. The van der Waals surface area contributed by atoms with Gasteiger partial charge in [0.15, 0.2) is 17.1 Å². The number of ether oxygens (including phenoxy) is 1. The third-order valence-electron chi connectivity index (χ3n) is 9.75. The molecule has 3 fully saturated rings. The molecule has 4 aliphatic rings. The summed E-state index contributed by atoms with van der Waals surface area (Å²) in [5, 5.41) is 21.4. The lowest BCUT2D eigenvalue weighted by molar-refractivity contribution is -0.228. The van der Waals surface area contributed by atoms with Crippen LogP contribution in [0.3, 0.4) is 0 Å². The van der Waals surface area contributed by atoms with Gasteiger partial charge in [0, 0.05) is 29.1 Å². The van der Waals surface area contributed by atoms with E-state index in [1.165, 1.54) is 12.2 Å². The minimum atomic E-state index is -2.03. The monoisotopic (exact) mass is 476 g/mol. The van der Waals surface area contributed by atoms with Crippen LogP contribution in [0.4, 0.5) is 4.39 Å². The molecule has 0 aromatic rings. The van der Waals surface area contributed by atoms with E-state index in [1.807, 2.05) is 20.8 Å². The number of Topliss-reactive ketones (excluding diaryl/α,β-unsaturated/α-hetero) is 1. The first-order chi connectivity index (χ1) is 15.9. The minimum Gasteiger partial charge on any atom is -0.450 e. The van der Waals surface area contributed by atoms with Gasteiger partial charge in [-0.3, -0.25) is 14.4 Å². The maximum Gasteiger partial charge on any atom is 0.306 e. The Morgan fingerprint density at radius 2 is 1.97 bits per heavy atom. The summed E-state index contributed by atoms with van der Waals surface area (Å²) >= 11 is 0. The predicted octanol–water partition coefficient (Wildman–Crippen LogP) is 3.64. The second-order valence-corrected chi connectivity index (χ2v) is 11.3. The Bertz CT molecular complexity index is 957. The van der Waals surface area contributed by atoms with Crippen molar-refractivity contribution in [3.63, 3.8) is 0 Å². The second kappa shape index (κ2) is 8.37. The van der Waals surface area contributed by atoms with E-state index < -0.39 is 58.4 Å². The molecule has 188 valence electrons. The second-order valence-electron chi connectivity index (χ2n) is 11.3. The van der Waals surface area contributed by atoms with Crippen LogP contribution in [0.15, 0.2) is 23.8 Å². The summed E-state index contributed by atoms with van der Waals surface area (Å²) in [5.41, 5.74) is -5.11. The first-order valence-corrected chi connectivity index (χ1v) is 12.6. The lowest BCUT2D eigenvalue weighted by Crippen LogP contribution is -2.70. The van der Waals surface area contributed by atoms with E-state index in [1.54, 1.807) is 13.0 Å². The van der Waals surface area contributed by atoms with E-state index in [0.29, 0.717) is 31.3 Å². The van der Waals surface area contributed by atoms with Gasteiger partial charge in [0.05, 0.1) is 6.10 Å². The SMILES string of the molecule is CCCCC(=O)O[C@]1(C(=O)CO)C(C)CC2C3CCC4=CC(=O)C=CC4(C)[C@@]3(F)C(O)CC21C. The molecule has 0 aromatic carbocycles. The van der Waals surface area contributed by atoms with Crippen molar-refractivity contribution in [3.05, 3.63) is 23.8 Å². The van der Waals surface area contributed by atoms with Gasteiger partial charge in [-0.05, 0) is 57.1 Å². The molecular weight excluding hydrogens is 439 g/mol. The fourth-order valence-corrected chi connectivity index (χ4v) is 8.07. The van der Waals surface area contributed by atoms with Gasteiger partial charge in [0.1, 0.15) is 6.61 Å². The number of ketones is 2. The molecule has 0 bridgehead atoms. The van der Waals surface area contributed by atoms with E-state index in [-0.39, 0.29) is 24.5 Å². The molecule has 2 N–H and O–H groups in total. The molecular formula is C27H37FO6. The average Bonchev–Trinajstić information content (AvgIpc) is 3.00. The highest BCUT2D eigenvalue weighted by atomic mass is 19.1. The van der Waals surface area contributed by atoms with Gasteiger partial charge < -0.3 is 14.9 Å². The fraction of sp³-hybridized carbons (Fsp3) is 0.741. The van der Waals surface area contributed by atoms with Crippen molar-refractivity contribution >= 4 is 17.5 Å². The van der Waals surface area contributed by atoms with Crippen molar-refractivity contribution in [1.82, 2.24) is 0 Å². The summed E-state index contributed by atoms with van der Waals surface area (Å²) in [6, 6.07) is 0. The minimum absolute atomic E-state index is 0.0769. The quantitative estimate of drug-likeness (QED) is 0.568. The number of carbonyl (C=O) groups is 3. The highest BCUT2D eigenvalue weighted by molar-refractivity contribution is 6.01. The molecule has 4 rings (SSSR count). The van der Waals surface area contributed by atoms with Gasteiger partial charge in [-0.1, -0.05) is 38.8 Å². The van der Waals surface area contributed by atoms with Gasteiger partial charge in [-0.2, -0.15) is 0 Å². The van der Waals surface area contributed by atoms with Crippen molar-refractivity contribution in [2.24, 2.45) is 28.6 Å². The van der Waals surface area contributed by atoms with Gasteiger partial charge in [0.2, 0.25) is 5.78 Å². The summed E-state index contributed by atoms with van der Waals surface area (Å²) in [6.07, 6.45) is 5.92. The smallest absolute Gasteiger partial charge is 0.306 e. The number of esters is 1. The van der Waals surface area contributed by atoms with Crippen LogP contribution in [0.2, 0.25) is 0 Å². The van der Waals surface area contributed by atoms with Gasteiger partial charge in [-0.15, -0.1) is 0 Å². The molecule has 8 atom stereocenters. The third kappa shape index (κ3) is 3.08. The zero-order valence-electron chi connectivity index (χ0n) is 20.6. The molecule has 0 aliphatic heterocycles. The number of aliphatic hydroxyl groups excluding tert-OH is 2. The van der Waals surface area contributed by atoms with E-state index in [9.17, 15) is 24.6 Å². The Balaban J connectivity index is 1.80. The molecule has 3 saturated carbocycles. The molecule has 0 radical (unpaired) electrons. The molecule has 4 aliphatic carbocycles. The fourth-order valence-electron chi connectivity index (χ4n) is 8.07. The molecule has 0 heterocycles. The average molecular weight is 477 g/mol. The number of carbonyl (C=O) groups excluding carboxylic acids is 3. The van der Waals surface area contributed by atoms with Crippen molar-refractivity contribution in [1.29, 1.82) is 0 Å². The highest BCUT2D eigenvalue weighted by Crippen LogP contribution is 2.71. The van der Waals surface area contributed by atoms with Gasteiger partial charge >= 0.3 is 5.97 Å². The van der Waals surface area contributed by atoms with Crippen LogP contribution in [0.1, 0.15) is 72.6 Å². The third-order valence-corrected chi connectivity index (χ3v) is 9.75. The van der Waals surface area contributed by atoms with Crippen molar-refractivity contribution in [3.8, 4) is 0 Å². The zero-order valence-corrected chi connectivity index (χ0v) is 20.6. The summed E-state index contributed by atoms with van der Waals surface area (Å²) < 4.78 is 23.3. The van der Waals surface area contributed by atoms with E-state index in [0.717, 1.165) is 6.42 Å². The molecule has 0 aromatic heterocycles. The van der Waals surface area contributed by atoms with E-state index in [2.05, 4.69) is 0 Å². The van der Waals surface area contributed by atoms with Crippen LogP contribution in [-0.4, -0.2) is 51.7 Å². The number of alkyl halides is 1. The number of rotatable bonds is 6. The van der Waals surface area contributed by atoms with Crippen molar-refractivity contribution < 1.29 is 33.7 Å². The summed E-state index contributed by atoms with van der Waals surface area (Å²) in [4.78, 5) is 38.1. The van der Waals surface area contributed by atoms with Crippen LogP contribution in [0.25, 0.3) is 0 Å². The van der Waals surface area contributed by atoms with Crippen LogP contribution in [-0.2, 0) is 19.1 Å². The van der Waals surface area contributed by atoms with Gasteiger partial charge in [-0.25, -0.2) is 4.39 Å². The van der Waals surface area contributed by atoms with Crippen LogP contribution in [0.5, 0.6) is 0 Å².